The van der Waals surface area contributed by atoms with Crippen LogP contribution < -0.4 is 4.74 Å². The molecule has 0 aliphatic heterocycles. The van der Waals surface area contributed by atoms with Gasteiger partial charge in [-0.1, -0.05) is 39.8 Å². The Morgan fingerprint density at radius 3 is 2.53 bits per heavy atom. The molecule has 1 aliphatic rings. The molecule has 0 saturated heterocycles. The fourth-order valence-electron chi connectivity index (χ4n) is 2.83. The highest BCUT2D eigenvalue weighted by atomic mass is 16.5. The van der Waals surface area contributed by atoms with Gasteiger partial charge in [0.15, 0.2) is 0 Å². The maximum absolute atomic E-state index is 10.4. The minimum Gasteiger partial charge on any atom is -0.487 e. The molecule has 106 valence electrons. The number of benzene rings is 1. The molecule has 2 heteroatoms. The van der Waals surface area contributed by atoms with Crippen molar-refractivity contribution >= 4 is 0 Å². The number of aliphatic hydroxyl groups excluding tert-OH is 1. The van der Waals surface area contributed by atoms with E-state index in [0.29, 0.717) is 5.92 Å². The molecular weight excluding hydrogens is 236 g/mol. The van der Waals surface area contributed by atoms with Gasteiger partial charge in [-0.15, -0.1) is 0 Å². The average molecular weight is 262 g/mol. The van der Waals surface area contributed by atoms with Crippen molar-refractivity contribution in [1.29, 1.82) is 0 Å². The molecular formula is C17H26O2. The Morgan fingerprint density at radius 1 is 1.32 bits per heavy atom. The topological polar surface area (TPSA) is 29.5 Å². The first-order valence-electron chi connectivity index (χ1n) is 7.26. The zero-order valence-electron chi connectivity index (χ0n) is 12.7. The molecule has 1 N–H and O–H groups in total. The number of aliphatic hydroxyl groups is 1. The molecule has 0 bridgehead atoms. The predicted molar refractivity (Wildman–Crippen MR) is 78.7 cm³/mol. The molecule has 1 aromatic rings. The van der Waals surface area contributed by atoms with Crippen LogP contribution in [0, 0.1) is 12.3 Å². The second-order valence-corrected chi connectivity index (χ2v) is 6.82. The molecule has 1 aliphatic carbocycles. The smallest absolute Gasteiger partial charge is 0.125 e. The molecule has 0 amide bonds. The van der Waals surface area contributed by atoms with Crippen molar-refractivity contribution in [1.82, 2.24) is 0 Å². The Balaban J connectivity index is 2.22. The first-order chi connectivity index (χ1) is 8.81. The lowest BCUT2D eigenvalue weighted by molar-refractivity contribution is 0.00448. The van der Waals surface area contributed by atoms with Gasteiger partial charge in [0.25, 0.3) is 0 Å². The third kappa shape index (κ3) is 2.94. The predicted octanol–water partition coefficient (Wildman–Crippen LogP) is 4.05. The average Bonchev–Trinajstić information content (AvgIpc) is 2.56. The molecule has 19 heavy (non-hydrogen) atoms. The highest BCUT2D eigenvalue weighted by molar-refractivity contribution is 5.39. The molecule has 2 rings (SSSR count). The monoisotopic (exact) mass is 262 g/mol. The van der Waals surface area contributed by atoms with E-state index in [2.05, 4.69) is 52.8 Å². The van der Waals surface area contributed by atoms with Gasteiger partial charge >= 0.3 is 0 Å². The van der Waals surface area contributed by atoms with Crippen LogP contribution in [-0.4, -0.2) is 17.3 Å². The number of hydrogen-bond acceptors (Lipinski definition) is 2. The van der Waals surface area contributed by atoms with E-state index in [1.165, 1.54) is 11.1 Å². The quantitative estimate of drug-likeness (QED) is 0.890. The zero-order valence-corrected chi connectivity index (χ0v) is 12.7. The molecule has 0 aromatic heterocycles. The van der Waals surface area contributed by atoms with E-state index in [-0.39, 0.29) is 17.6 Å². The Hall–Kier alpha value is -1.02. The van der Waals surface area contributed by atoms with Crippen molar-refractivity contribution < 1.29 is 9.84 Å². The van der Waals surface area contributed by atoms with Crippen LogP contribution in [0.25, 0.3) is 0 Å². The van der Waals surface area contributed by atoms with Gasteiger partial charge in [0.2, 0.25) is 0 Å². The largest absolute Gasteiger partial charge is 0.487 e. The van der Waals surface area contributed by atoms with Crippen LogP contribution in [0.2, 0.25) is 0 Å². The Labute approximate surface area is 116 Å². The molecule has 2 unspecified atom stereocenters. The van der Waals surface area contributed by atoms with Gasteiger partial charge in [-0.2, -0.15) is 0 Å². The fourth-order valence-corrected chi connectivity index (χ4v) is 2.83. The van der Waals surface area contributed by atoms with Crippen molar-refractivity contribution in [3.8, 4) is 5.75 Å². The first kappa shape index (κ1) is 14.4. The van der Waals surface area contributed by atoms with Crippen LogP contribution in [-0.2, 0) is 0 Å². The normalized spacial score (nSPS) is 25.8. The van der Waals surface area contributed by atoms with Gasteiger partial charge in [0.1, 0.15) is 11.9 Å². The Morgan fingerprint density at radius 2 is 2.00 bits per heavy atom. The summed E-state index contributed by atoms with van der Waals surface area (Å²) < 4.78 is 6.15. The van der Waals surface area contributed by atoms with Crippen LogP contribution >= 0.6 is 0 Å². The summed E-state index contributed by atoms with van der Waals surface area (Å²) in [5, 5.41) is 10.4. The minimum atomic E-state index is -0.381. The fraction of sp³-hybridized carbons (Fsp3) is 0.647. The van der Waals surface area contributed by atoms with Gasteiger partial charge < -0.3 is 9.84 Å². The molecule has 0 heterocycles. The van der Waals surface area contributed by atoms with Gasteiger partial charge in [0, 0.05) is 0 Å². The molecule has 2 atom stereocenters. The van der Waals surface area contributed by atoms with Crippen LogP contribution in [0.15, 0.2) is 18.2 Å². The highest BCUT2D eigenvalue weighted by Crippen LogP contribution is 2.40. The van der Waals surface area contributed by atoms with E-state index in [9.17, 15) is 5.11 Å². The maximum atomic E-state index is 10.4. The van der Waals surface area contributed by atoms with E-state index in [0.717, 1.165) is 18.6 Å². The number of aryl methyl sites for hydroxylation is 1. The molecule has 0 radical (unpaired) electrons. The lowest BCUT2D eigenvalue weighted by atomic mass is 9.89. The molecule has 1 aromatic carbocycles. The van der Waals surface area contributed by atoms with Gasteiger partial charge in [-0.05, 0) is 48.3 Å². The lowest BCUT2D eigenvalue weighted by Gasteiger charge is -2.27. The summed E-state index contributed by atoms with van der Waals surface area (Å²) in [6, 6.07) is 6.35. The van der Waals surface area contributed by atoms with E-state index in [1.54, 1.807) is 0 Å². The van der Waals surface area contributed by atoms with Crippen LogP contribution in [0.3, 0.4) is 0 Å². The van der Waals surface area contributed by atoms with Crippen molar-refractivity contribution in [2.45, 2.75) is 65.6 Å². The highest BCUT2D eigenvalue weighted by Gasteiger charge is 2.42. The third-order valence-electron chi connectivity index (χ3n) is 4.30. The lowest BCUT2D eigenvalue weighted by Crippen LogP contribution is -2.34. The third-order valence-corrected chi connectivity index (χ3v) is 4.30. The summed E-state index contributed by atoms with van der Waals surface area (Å²) >= 11 is 0. The summed E-state index contributed by atoms with van der Waals surface area (Å²) in [5.41, 5.74) is 2.39. The van der Waals surface area contributed by atoms with Crippen molar-refractivity contribution in [2.75, 3.05) is 0 Å². The van der Waals surface area contributed by atoms with E-state index >= 15 is 0 Å². The molecule has 1 fully saturated rings. The number of ether oxygens (including phenoxy) is 1. The van der Waals surface area contributed by atoms with Crippen molar-refractivity contribution in [3.05, 3.63) is 29.3 Å². The van der Waals surface area contributed by atoms with Crippen molar-refractivity contribution in [3.63, 3.8) is 0 Å². The summed E-state index contributed by atoms with van der Waals surface area (Å²) in [5.74, 6) is 1.37. The maximum Gasteiger partial charge on any atom is 0.125 e. The Bertz CT molecular complexity index is 449. The number of hydrogen-bond donors (Lipinski definition) is 1. The zero-order chi connectivity index (χ0) is 14.2. The molecule has 1 saturated carbocycles. The van der Waals surface area contributed by atoms with Crippen LogP contribution in [0.4, 0.5) is 0 Å². The van der Waals surface area contributed by atoms with E-state index in [1.807, 2.05) is 0 Å². The van der Waals surface area contributed by atoms with Gasteiger partial charge in [0.05, 0.1) is 6.10 Å². The van der Waals surface area contributed by atoms with Crippen molar-refractivity contribution in [2.24, 2.45) is 5.41 Å². The van der Waals surface area contributed by atoms with Crippen LogP contribution in [0.5, 0.6) is 5.75 Å². The van der Waals surface area contributed by atoms with Gasteiger partial charge in [-0.3, -0.25) is 0 Å². The summed E-state index contributed by atoms with van der Waals surface area (Å²) in [6.07, 6.45) is 1.49. The molecule has 2 nitrogen and oxygen atoms in total. The summed E-state index contributed by atoms with van der Waals surface area (Å²) in [6.45, 7) is 10.6. The minimum absolute atomic E-state index is 0.0352. The van der Waals surface area contributed by atoms with E-state index in [4.69, 9.17) is 4.74 Å². The second-order valence-electron chi connectivity index (χ2n) is 6.82. The first-order valence-corrected chi connectivity index (χ1v) is 7.26. The second kappa shape index (κ2) is 5.16. The van der Waals surface area contributed by atoms with Crippen LogP contribution in [0.1, 0.15) is 57.6 Å². The molecule has 0 spiro atoms. The Kier molecular flexibility index (Phi) is 3.91. The standard InChI is InChI=1S/C17H26O2/c1-11(2)13-7-6-12(3)10-15(13)19-14-8-9-17(4,5)16(14)18/h6-7,10-11,14,16,18H,8-9H2,1-5H3. The summed E-state index contributed by atoms with van der Waals surface area (Å²) in [4.78, 5) is 0. The summed E-state index contributed by atoms with van der Waals surface area (Å²) in [7, 11) is 0. The SMILES string of the molecule is Cc1ccc(C(C)C)c(OC2CCC(C)(C)C2O)c1. The number of rotatable bonds is 3. The van der Waals surface area contributed by atoms with E-state index < -0.39 is 0 Å². The van der Waals surface area contributed by atoms with Gasteiger partial charge in [-0.25, -0.2) is 0 Å².